The molecule has 0 radical (unpaired) electrons. The molecule has 0 saturated heterocycles. The molecule has 1 aromatic carbocycles. The largest absolute Gasteiger partial charge is 0.392 e. The lowest BCUT2D eigenvalue weighted by Crippen LogP contribution is -2.41. The highest BCUT2D eigenvalue weighted by atomic mass is 16.5. The molecule has 100 valence electrons. The van der Waals surface area contributed by atoms with E-state index in [1.54, 1.807) is 0 Å². The molecule has 2 N–H and O–H groups in total. The third-order valence-electron chi connectivity index (χ3n) is 3.74. The predicted octanol–water partition coefficient (Wildman–Crippen LogP) is 2.23. The Morgan fingerprint density at radius 2 is 1.83 bits per heavy atom. The van der Waals surface area contributed by atoms with Crippen molar-refractivity contribution in [1.29, 1.82) is 0 Å². The van der Waals surface area contributed by atoms with Crippen molar-refractivity contribution in [3.8, 4) is 0 Å². The molecule has 1 aliphatic carbocycles. The molecule has 1 fully saturated rings. The minimum Gasteiger partial charge on any atom is -0.392 e. The van der Waals surface area contributed by atoms with Crippen LogP contribution in [0.15, 0.2) is 24.3 Å². The number of aliphatic hydroxyl groups is 1. The summed E-state index contributed by atoms with van der Waals surface area (Å²) in [6, 6.07) is 8.46. The fraction of sp³-hybridized carbons (Fsp3) is 0.600. The third kappa shape index (κ3) is 3.55. The number of hydrogen-bond donors (Lipinski definition) is 2. The van der Waals surface area contributed by atoms with Gasteiger partial charge < -0.3 is 15.2 Å². The van der Waals surface area contributed by atoms with Gasteiger partial charge in [0.2, 0.25) is 0 Å². The van der Waals surface area contributed by atoms with E-state index in [2.05, 4.69) is 5.32 Å². The Kier molecular flexibility index (Phi) is 5.17. The lowest BCUT2D eigenvalue weighted by atomic mass is 9.92. The summed E-state index contributed by atoms with van der Waals surface area (Å²) in [5, 5.41) is 12.3. The van der Waals surface area contributed by atoms with Gasteiger partial charge in [-0.3, -0.25) is 0 Å². The molecule has 1 saturated carbocycles. The van der Waals surface area contributed by atoms with Crippen LogP contribution in [0.25, 0.3) is 0 Å². The number of benzene rings is 1. The monoisotopic (exact) mass is 249 g/mol. The van der Waals surface area contributed by atoms with Gasteiger partial charge in [0.05, 0.1) is 19.3 Å². The van der Waals surface area contributed by atoms with Crippen LogP contribution >= 0.6 is 0 Å². The molecule has 0 bridgehead atoms. The van der Waals surface area contributed by atoms with Gasteiger partial charge in [0.1, 0.15) is 0 Å². The van der Waals surface area contributed by atoms with Crippen LogP contribution in [0.1, 0.15) is 36.8 Å². The van der Waals surface area contributed by atoms with Crippen LogP contribution in [-0.4, -0.2) is 24.3 Å². The molecule has 2 atom stereocenters. The fourth-order valence-electron chi connectivity index (χ4n) is 2.57. The number of aliphatic hydroxyl groups excluding tert-OH is 1. The molecule has 0 aromatic heterocycles. The Bertz CT molecular complexity index is 350. The van der Waals surface area contributed by atoms with Gasteiger partial charge in [-0.15, -0.1) is 0 Å². The predicted molar refractivity (Wildman–Crippen MR) is 72.3 cm³/mol. The molecule has 0 spiro atoms. The number of ether oxygens (including phenoxy) is 1. The Morgan fingerprint density at radius 1 is 1.17 bits per heavy atom. The van der Waals surface area contributed by atoms with Crippen molar-refractivity contribution in [2.45, 2.75) is 51.0 Å². The highest BCUT2D eigenvalue weighted by Gasteiger charge is 2.24. The summed E-state index contributed by atoms with van der Waals surface area (Å²) < 4.78 is 6.02. The van der Waals surface area contributed by atoms with Crippen LogP contribution < -0.4 is 5.32 Å². The van der Waals surface area contributed by atoms with Gasteiger partial charge in [0.25, 0.3) is 0 Å². The molecule has 0 aliphatic heterocycles. The Labute approximate surface area is 109 Å². The zero-order valence-electron chi connectivity index (χ0n) is 11.1. The van der Waals surface area contributed by atoms with Crippen molar-refractivity contribution >= 4 is 0 Å². The molecule has 0 amide bonds. The number of likely N-dealkylation sites (N-methyl/N-ethyl adjacent to an activating group) is 1. The first-order chi connectivity index (χ1) is 8.83. The SMILES string of the molecule is CNC1CCCCC1OCc1ccc(CO)cc1. The van der Waals surface area contributed by atoms with E-state index >= 15 is 0 Å². The second-order valence-corrected chi connectivity index (χ2v) is 5.00. The lowest BCUT2D eigenvalue weighted by molar-refractivity contribution is -0.00362. The van der Waals surface area contributed by atoms with Crippen molar-refractivity contribution in [1.82, 2.24) is 5.32 Å². The second-order valence-electron chi connectivity index (χ2n) is 5.00. The van der Waals surface area contributed by atoms with Crippen molar-refractivity contribution in [2.75, 3.05) is 7.05 Å². The van der Waals surface area contributed by atoms with Gasteiger partial charge >= 0.3 is 0 Å². The van der Waals surface area contributed by atoms with Crippen LogP contribution in [0.5, 0.6) is 0 Å². The molecular weight excluding hydrogens is 226 g/mol. The minimum absolute atomic E-state index is 0.103. The van der Waals surface area contributed by atoms with Gasteiger partial charge in [0, 0.05) is 6.04 Å². The summed E-state index contributed by atoms with van der Waals surface area (Å²) in [5.41, 5.74) is 2.12. The maximum Gasteiger partial charge on any atom is 0.0732 e. The van der Waals surface area contributed by atoms with Crippen LogP contribution in [-0.2, 0) is 18.0 Å². The molecule has 18 heavy (non-hydrogen) atoms. The summed E-state index contributed by atoms with van der Waals surface area (Å²) in [7, 11) is 2.02. The average Bonchev–Trinajstić information content (AvgIpc) is 2.46. The van der Waals surface area contributed by atoms with Gasteiger partial charge in [-0.25, -0.2) is 0 Å². The van der Waals surface area contributed by atoms with Crippen LogP contribution in [0.3, 0.4) is 0 Å². The molecular formula is C15H23NO2. The van der Waals surface area contributed by atoms with Gasteiger partial charge in [-0.1, -0.05) is 37.1 Å². The Hall–Kier alpha value is -0.900. The summed E-state index contributed by atoms with van der Waals surface area (Å²) in [6.45, 7) is 0.764. The zero-order chi connectivity index (χ0) is 12.8. The molecule has 3 heteroatoms. The van der Waals surface area contributed by atoms with Gasteiger partial charge in [-0.05, 0) is 31.0 Å². The van der Waals surface area contributed by atoms with E-state index in [4.69, 9.17) is 9.84 Å². The first kappa shape index (κ1) is 13.5. The van der Waals surface area contributed by atoms with Crippen LogP contribution in [0, 0.1) is 0 Å². The molecule has 1 aromatic rings. The normalized spacial score (nSPS) is 24.1. The second kappa shape index (κ2) is 6.88. The maximum absolute atomic E-state index is 8.99. The first-order valence-electron chi connectivity index (χ1n) is 6.81. The van der Waals surface area contributed by atoms with E-state index in [0.29, 0.717) is 18.8 Å². The fourth-order valence-corrected chi connectivity index (χ4v) is 2.57. The van der Waals surface area contributed by atoms with E-state index in [1.165, 1.54) is 24.8 Å². The van der Waals surface area contributed by atoms with E-state index in [9.17, 15) is 0 Å². The van der Waals surface area contributed by atoms with Gasteiger partial charge in [-0.2, -0.15) is 0 Å². The van der Waals surface area contributed by atoms with E-state index in [1.807, 2.05) is 31.3 Å². The molecule has 2 rings (SSSR count). The summed E-state index contributed by atoms with van der Waals surface area (Å²) in [4.78, 5) is 0. The maximum atomic E-state index is 8.99. The summed E-state index contributed by atoms with van der Waals surface area (Å²) >= 11 is 0. The van der Waals surface area contributed by atoms with E-state index in [0.717, 1.165) is 12.0 Å². The van der Waals surface area contributed by atoms with Crippen LogP contribution in [0.4, 0.5) is 0 Å². The highest BCUT2D eigenvalue weighted by Crippen LogP contribution is 2.22. The quantitative estimate of drug-likeness (QED) is 0.841. The van der Waals surface area contributed by atoms with Crippen molar-refractivity contribution < 1.29 is 9.84 Å². The van der Waals surface area contributed by atoms with Gasteiger partial charge in [0.15, 0.2) is 0 Å². The third-order valence-corrected chi connectivity index (χ3v) is 3.74. The topological polar surface area (TPSA) is 41.5 Å². The summed E-state index contributed by atoms with van der Waals surface area (Å²) in [6.07, 6.45) is 5.27. The number of hydrogen-bond acceptors (Lipinski definition) is 3. The highest BCUT2D eigenvalue weighted by molar-refractivity contribution is 5.21. The summed E-state index contributed by atoms with van der Waals surface area (Å²) in [5.74, 6) is 0. The average molecular weight is 249 g/mol. The minimum atomic E-state index is 0.103. The van der Waals surface area contributed by atoms with Crippen LogP contribution in [0.2, 0.25) is 0 Å². The Morgan fingerprint density at radius 3 is 2.50 bits per heavy atom. The first-order valence-corrected chi connectivity index (χ1v) is 6.81. The van der Waals surface area contributed by atoms with Crippen molar-refractivity contribution in [3.63, 3.8) is 0 Å². The molecule has 0 heterocycles. The lowest BCUT2D eigenvalue weighted by Gasteiger charge is -2.31. The van der Waals surface area contributed by atoms with E-state index < -0.39 is 0 Å². The van der Waals surface area contributed by atoms with Crippen molar-refractivity contribution in [3.05, 3.63) is 35.4 Å². The number of nitrogens with one attached hydrogen (secondary N) is 1. The number of rotatable bonds is 5. The van der Waals surface area contributed by atoms with Crippen molar-refractivity contribution in [2.24, 2.45) is 0 Å². The molecule has 1 aliphatic rings. The molecule has 3 nitrogen and oxygen atoms in total. The van der Waals surface area contributed by atoms with E-state index in [-0.39, 0.29) is 6.61 Å². The zero-order valence-corrected chi connectivity index (χ0v) is 11.1. The molecule has 2 unspecified atom stereocenters. The smallest absolute Gasteiger partial charge is 0.0732 e. The standard InChI is InChI=1S/C15H23NO2/c1-16-14-4-2-3-5-15(14)18-11-13-8-6-12(10-17)7-9-13/h6-9,14-17H,2-5,10-11H2,1H3. The Balaban J connectivity index is 1.85.